The van der Waals surface area contributed by atoms with Crippen molar-refractivity contribution in [2.24, 2.45) is 5.92 Å². The molecule has 2 saturated heterocycles. The summed E-state index contributed by atoms with van der Waals surface area (Å²) in [6.07, 6.45) is 8.08. The Bertz CT molecular complexity index is 1120. The van der Waals surface area contributed by atoms with Crippen LogP contribution in [0.3, 0.4) is 0 Å². The molecule has 0 saturated carbocycles. The zero-order valence-corrected chi connectivity index (χ0v) is 20.4. The highest BCUT2D eigenvalue weighted by molar-refractivity contribution is 5.94. The standard InChI is InChI=1S/C29H35N3O3/c33-29(25-6-2-8-27(21-25)35-19-16-31-14-17-34-18-15-31)32-12-3-4-23(10-13-32)20-24-5-1-7-26-22-30-11-9-28(24)26/h1-2,5-9,11,21-23H,3-4,10,12-20H2. The summed E-state index contributed by atoms with van der Waals surface area (Å²) in [5.74, 6) is 1.46. The number of carbonyl (C=O) groups excluding carboxylic acids is 1. The van der Waals surface area contributed by atoms with E-state index in [0.29, 0.717) is 18.1 Å². The number of rotatable bonds is 7. The highest BCUT2D eigenvalue weighted by Gasteiger charge is 2.22. The van der Waals surface area contributed by atoms with Gasteiger partial charge in [-0.15, -0.1) is 0 Å². The number of ether oxygens (including phenoxy) is 2. The number of pyridine rings is 1. The van der Waals surface area contributed by atoms with E-state index in [0.717, 1.165) is 77.4 Å². The second kappa shape index (κ2) is 11.6. The highest BCUT2D eigenvalue weighted by atomic mass is 16.5. The summed E-state index contributed by atoms with van der Waals surface area (Å²) < 4.78 is 11.4. The van der Waals surface area contributed by atoms with Crippen LogP contribution in [0, 0.1) is 5.92 Å². The molecular formula is C29H35N3O3. The van der Waals surface area contributed by atoms with Crippen molar-refractivity contribution in [3.05, 3.63) is 72.1 Å². The SMILES string of the molecule is O=C(c1cccc(OCCN2CCOCC2)c1)N1CCCC(Cc2cccc3cnccc23)CC1. The fourth-order valence-corrected chi connectivity index (χ4v) is 5.27. The fraction of sp³-hybridized carbons (Fsp3) is 0.448. The number of fused-ring (bicyclic) bond motifs is 1. The average molecular weight is 474 g/mol. The van der Waals surface area contributed by atoms with Gasteiger partial charge >= 0.3 is 0 Å². The van der Waals surface area contributed by atoms with E-state index >= 15 is 0 Å². The number of aromatic nitrogens is 1. The smallest absolute Gasteiger partial charge is 0.253 e. The lowest BCUT2D eigenvalue weighted by Gasteiger charge is -2.26. The van der Waals surface area contributed by atoms with Crippen LogP contribution in [-0.4, -0.2) is 73.2 Å². The number of amides is 1. The van der Waals surface area contributed by atoms with E-state index < -0.39 is 0 Å². The normalized spacial score (nSPS) is 19.4. The van der Waals surface area contributed by atoms with Gasteiger partial charge in [0, 0.05) is 56.1 Å². The van der Waals surface area contributed by atoms with Crippen LogP contribution in [0.1, 0.15) is 35.2 Å². The van der Waals surface area contributed by atoms with Crippen molar-refractivity contribution in [1.29, 1.82) is 0 Å². The quantitative estimate of drug-likeness (QED) is 0.508. The van der Waals surface area contributed by atoms with Gasteiger partial charge in [-0.05, 0) is 66.8 Å². The lowest BCUT2D eigenvalue weighted by Crippen LogP contribution is -2.38. The molecule has 2 aliphatic rings. The van der Waals surface area contributed by atoms with E-state index in [4.69, 9.17) is 9.47 Å². The van der Waals surface area contributed by atoms with Crippen molar-refractivity contribution in [3.63, 3.8) is 0 Å². The first-order valence-electron chi connectivity index (χ1n) is 12.9. The number of hydrogen-bond donors (Lipinski definition) is 0. The molecule has 1 atom stereocenters. The van der Waals surface area contributed by atoms with Crippen LogP contribution < -0.4 is 4.74 Å². The van der Waals surface area contributed by atoms with Crippen molar-refractivity contribution in [2.75, 3.05) is 52.5 Å². The maximum atomic E-state index is 13.3. The van der Waals surface area contributed by atoms with Crippen molar-refractivity contribution in [1.82, 2.24) is 14.8 Å². The highest BCUT2D eigenvalue weighted by Crippen LogP contribution is 2.27. The molecule has 0 spiro atoms. The largest absolute Gasteiger partial charge is 0.492 e. The summed E-state index contributed by atoms with van der Waals surface area (Å²) in [5.41, 5.74) is 2.10. The van der Waals surface area contributed by atoms with Gasteiger partial charge in [-0.25, -0.2) is 0 Å². The van der Waals surface area contributed by atoms with Crippen LogP contribution in [0.5, 0.6) is 5.75 Å². The number of morpholine rings is 1. The van der Waals surface area contributed by atoms with Gasteiger partial charge in [0.05, 0.1) is 13.2 Å². The minimum atomic E-state index is 0.112. The Morgan fingerprint density at radius 3 is 2.83 bits per heavy atom. The zero-order valence-electron chi connectivity index (χ0n) is 20.4. The van der Waals surface area contributed by atoms with E-state index in [2.05, 4.69) is 34.1 Å². The third-order valence-electron chi connectivity index (χ3n) is 7.28. The third-order valence-corrected chi connectivity index (χ3v) is 7.28. The van der Waals surface area contributed by atoms with Gasteiger partial charge in [-0.1, -0.05) is 24.3 Å². The number of benzene rings is 2. The topological polar surface area (TPSA) is 54.9 Å². The lowest BCUT2D eigenvalue weighted by atomic mass is 9.90. The van der Waals surface area contributed by atoms with Gasteiger partial charge in [-0.3, -0.25) is 14.7 Å². The Hall–Kier alpha value is -2.96. The van der Waals surface area contributed by atoms with Crippen LogP contribution in [0.25, 0.3) is 10.8 Å². The molecule has 35 heavy (non-hydrogen) atoms. The molecule has 5 rings (SSSR count). The molecule has 184 valence electrons. The number of nitrogens with zero attached hydrogens (tertiary/aromatic N) is 3. The van der Waals surface area contributed by atoms with Crippen LogP contribution >= 0.6 is 0 Å². The summed E-state index contributed by atoms with van der Waals surface area (Å²) in [7, 11) is 0. The van der Waals surface area contributed by atoms with Crippen LogP contribution in [0.2, 0.25) is 0 Å². The summed E-state index contributed by atoms with van der Waals surface area (Å²) in [5, 5.41) is 2.49. The Morgan fingerprint density at radius 2 is 1.91 bits per heavy atom. The molecule has 6 nitrogen and oxygen atoms in total. The molecule has 2 fully saturated rings. The first kappa shape index (κ1) is 23.8. The molecule has 2 aromatic carbocycles. The van der Waals surface area contributed by atoms with Crippen LogP contribution in [0.15, 0.2) is 60.9 Å². The lowest BCUT2D eigenvalue weighted by molar-refractivity contribution is 0.0322. The molecule has 1 amide bonds. The third kappa shape index (κ3) is 6.19. The summed E-state index contributed by atoms with van der Waals surface area (Å²) >= 11 is 0. The van der Waals surface area contributed by atoms with Gasteiger partial charge in [0.2, 0.25) is 0 Å². The molecule has 2 aliphatic heterocycles. The molecule has 1 aromatic heterocycles. The Labute approximate surface area is 207 Å². The maximum Gasteiger partial charge on any atom is 0.253 e. The van der Waals surface area contributed by atoms with Crippen LogP contribution in [-0.2, 0) is 11.2 Å². The van der Waals surface area contributed by atoms with E-state index in [-0.39, 0.29) is 5.91 Å². The molecule has 1 unspecified atom stereocenters. The summed E-state index contributed by atoms with van der Waals surface area (Å²) in [6.45, 7) is 6.61. The Kier molecular flexibility index (Phi) is 7.91. The molecule has 0 aliphatic carbocycles. The Morgan fingerprint density at radius 1 is 1.03 bits per heavy atom. The number of carbonyl (C=O) groups is 1. The second-order valence-corrected chi connectivity index (χ2v) is 9.64. The van der Waals surface area contributed by atoms with Crippen molar-refractivity contribution in [3.8, 4) is 5.75 Å². The van der Waals surface area contributed by atoms with E-state index in [1.54, 1.807) is 0 Å². The predicted molar refractivity (Wildman–Crippen MR) is 138 cm³/mol. The monoisotopic (exact) mass is 473 g/mol. The van der Waals surface area contributed by atoms with Crippen molar-refractivity contribution >= 4 is 16.7 Å². The zero-order chi connectivity index (χ0) is 23.9. The Balaban J connectivity index is 1.16. The van der Waals surface area contributed by atoms with Gasteiger partial charge in [0.15, 0.2) is 0 Å². The molecule has 0 N–H and O–H groups in total. The summed E-state index contributed by atoms with van der Waals surface area (Å²) in [6, 6.07) is 16.3. The minimum absolute atomic E-state index is 0.112. The molecule has 3 aromatic rings. The van der Waals surface area contributed by atoms with E-state index in [9.17, 15) is 4.79 Å². The van der Waals surface area contributed by atoms with Gasteiger partial charge < -0.3 is 14.4 Å². The van der Waals surface area contributed by atoms with Crippen LogP contribution in [0.4, 0.5) is 0 Å². The number of likely N-dealkylation sites (tertiary alicyclic amines) is 1. The average Bonchev–Trinajstić information content (AvgIpc) is 3.15. The second-order valence-electron chi connectivity index (χ2n) is 9.64. The maximum absolute atomic E-state index is 13.3. The molecule has 3 heterocycles. The summed E-state index contributed by atoms with van der Waals surface area (Å²) in [4.78, 5) is 21.9. The van der Waals surface area contributed by atoms with Crippen molar-refractivity contribution in [2.45, 2.75) is 25.7 Å². The van der Waals surface area contributed by atoms with E-state index in [1.807, 2.05) is 41.6 Å². The molecule has 0 radical (unpaired) electrons. The van der Waals surface area contributed by atoms with Crippen molar-refractivity contribution < 1.29 is 14.3 Å². The first-order chi connectivity index (χ1) is 17.3. The van der Waals surface area contributed by atoms with Gasteiger partial charge in [-0.2, -0.15) is 0 Å². The first-order valence-corrected chi connectivity index (χ1v) is 12.9. The minimum Gasteiger partial charge on any atom is -0.492 e. The molecule has 0 bridgehead atoms. The predicted octanol–water partition coefficient (Wildman–Crippen LogP) is 4.43. The van der Waals surface area contributed by atoms with E-state index in [1.165, 1.54) is 16.3 Å². The van der Waals surface area contributed by atoms with Gasteiger partial charge in [0.1, 0.15) is 12.4 Å². The fourth-order valence-electron chi connectivity index (χ4n) is 5.27. The molecular weight excluding hydrogens is 438 g/mol. The molecule has 6 heteroatoms. The number of hydrogen-bond acceptors (Lipinski definition) is 5. The van der Waals surface area contributed by atoms with Gasteiger partial charge in [0.25, 0.3) is 5.91 Å².